The van der Waals surface area contributed by atoms with Gasteiger partial charge < -0.3 is 9.47 Å². The van der Waals surface area contributed by atoms with Gasteiger partial charge in [-0.1, -0.05) is 6.92 Å². The lowest BCUT2D eigenvalue weighted by Crippen LogP contribution is -2.43. The summed E-state index contributed by atoms with van der Waals surface area (Å²) in [5.74, 6) is -1.31. The van der Waals surface area contributed by atoms with E-state index in [0.29, 0.717) is 0 Å². The van der Waals surface area contributed by atoms with E-state index in [1.165, 1.54) is 14.0 Å². The summed E-state index contributed by atoms with van der Waals surface area (Å²) in [6, 6.07) is 0. The van der Waals surface area contributed by atoms with Gasteiger partial charge in [0.2, 0.25) is 0 Å². The van der Waals surface area contributed by atoms with Crippen molar-refractivity contribution in [3.63, 3.8) is 0 Å². The number of methoxy groups -OCH3 is 1. The predicted octanol–water partition coefficient (Wildman–Crippen LogP) is 2.11. The van der Waals surface area contributed by atoms with E-state index in [1.54, 1.807) is 0 Å². The van der Waals surface area contributed by atoms with Crippen molar-refractivity contribution >= 4 is 5.97 Å². The molecule has 0 saturated carbocycles. The highest BCUT2D eigenvalue weighted by atomic mass is 19.4. The Morgan fingerprint density at radius 1 is 1.36 bits per heavy atom. The topological polar surface area (TPSA) is 35.5 Å². The van der Waals surface area contributed by atoms with Crippen LogP contribution < -0.4 is 0 Å². The summed E-state index contributed by atoms with van der Waals surface area (Å²) in [7, 11) is 1.23. The van der Waals surface area contributed by atoms with Gasteiger partial charge in [0.1, 0.15) is 0 Å². The lowest BCUT2D eigenvalue weighted by atomic mass is 9.87. The zero-order valence-corrected chi connectivity index (χ0v) is 8.27. The SMILES string of the molecule is CCC(C)(C(=O)OCOC)C(F)(F)F. The second kappa shape index (κ2) is 4.63. The predicted molar refractivity (Wildman–Crippen MR) is 42.4 cm³/mol. The number of carbonyl (C=O) groups excluding carboxylic acids is 1. The molecule has 0 spiro atoms. The molecule has 0 heterocycles. The van der Waals surface area contributed by atoms with Crippen molar-refractivity contribution in [2.45, 2.75) is 26.4 Å². The molecule has 0 aromatic heterocycles. The highest BCUT2D eigenvalue weighted by molar-refractivity contribution is 5.77. The van der Waals surface area contributed by atoms with Gasteiger partial charge in [0.15, 0.2) is 12.2 Å². The number of hydrogen-bond donors (Lipinski definition) is 0. The number of rotatable bonds is 4. The minimum Gasteiger partial charge on any atom is -0.438 e. The van der Waals surface area contributed by atoms with Crippen molar-refractivity contribution < 1.29 is 27.4 Å². The Kier molecular flexibility index (Phi) is 4.38. The van der Waals surface area contributed by atoms with Crippen LogP contribution >= 0.6 is 0 Å². The van der Waals surface area contributed by atoms with Crippen LogP contribution in [0.25, 0.3) is 0 Å². The third kappa shape index (κ3) is 2.60. The zero-order chi connectivity index (χ0) is 11.4. The number of ether oxygens (including phenoxy) is 2. The highest BCUT2D eigenvalue weighted by Gasteiger charge is 2.56. The summed E-state index contributed by atoms with van der Waals surface area (Å²) in [5.41, 5.74) is -2.45. The number of halogens is 3. The van der Waals surface area contributed by atoms with Crippen molar-refractivity contribution in [3.8, 4) is 0 Å². The summed E-state index contributed by atoms with van der Waals surface area (Å²) >= 11 is 0. The summed E-state index contributed by atoms with van der Waals surface area (Å²) in [6.45, 7) is 1.62. The van der Waals surface area contributed by atoms with E-state index in [4.69, 9.17) is 0 Å². The molecule has 0 fully saturated rings. The molecule has 0 saturated heterocycles. The van der Waals surface area contributed by atoms with Crippen LogP contribution in [0.15, 0.2) is 0 Å². The lowest BCUT2D eigenvalue weighted by molar-refractivity contribution is -0.234. The molecular weight excluding hydrogens is 201 g/mol. The Labute approximate surface area is 80.2 Å². The number of hydrogen-bond acceptors (Lipinski definition) is 3. The second-order valence-electron chi connectivity index (χ2n) is 3.02. The van der Waals surface area contributed by atoms with E-state index in [9.17, 15) is 18.0 Å². The molecule has 0 radical (unpaired) electrons. The smallest absolute Gasteiger partial charge is 0.404 e. The molecule has 14 heavy (non-hydrogen) atoms. The van der Waals surface area contributed by atoms with Gasteiger partial charge in [-0.05, 0) is 13.3 Å². The van der Waals surface area contributed by atoms with Crippen molar-refractivity contribution in [2.75, 3.05) is 13.9 Å². The van der Waals surface area contributed by atoms with E-state index in [0.717, 1.165) is 6.92 Å². The second-order valence-corrected chi connectivity index (χ2v) is 3.02. The average molecular weight is 214 g/mol. The molecule has 0 amide bonds. The molecular formula is C8H13F3O3. The zero-order valence-electron chi connectivity index (χ0n) is 8.27. The largest absolute Gasteiger partial charge is 0.438 e. The number of esters is 1. The molecule has 0 aliphatic rings. The third-order valence-corrected chi connectivity index (χ3v) is 2.09. The van der Waals surface area contributed by atoms with Crippen LogP contribution in [0.1, 0.15) is 20.3 Å². The summed E-state index contributed by atoms with van der Waals surface area (Å²) in [4.78, 5) is 11.1. The van der Waals surface area contributed by atoms with Gasteiger partial charge in [0, 0.05) is 7.11 Å². The van der Waals surface area contributed by atoms with Crippen LogP contribution in [0.3, 0.4) is 0 Å². The first-order valence-corrected chi connectivity index (χ1v) is 4.02. The fourth-order valence-electron chi connectivity index (χ4n) is 0.732. The van der Waals surface area contributed by atoms with Crippen molar-refractivity contribution in [2.24, 2.45) is 5.41 Å². The molecule has 0 rings (SSSR count). The van der Waals surface area contributed by atoms with Gasteiger partial charge in [-0.2, -0.15) is 13.2 Å². The van der Waals surface area contributed by atoms with Crippen LogP contribution in [-0.2, 0) is 14.3 Å². The average Bonchev–Trinajstić information content (AvgIpc) is 2.10. The van der Waals surface area contributed by atoms with E-state index >= 15 is 0 Å². The van der Waals surface area contributed by atoms with Gasteiger partial charge in [-0.15, -0.1) is 0 Å². The first-order chi connectivity index (χ1) is 6.29. The minimum absolute atomic E-state index is 0.362. The van der Waals surface area contributed by atoms with Crippen molar-refractivity contribution in [3.05, 3.63) is 0 Å². The molecule has 0 aliphatic carbocycles. The molecule has 0 N–H and O–H groups in total. The Morgan fingerprint density at radius 3 is 2.14 bits per heavy atom. The van der Waals surface area contributed by atoms with Gasteiger partial charge in [-0.3, -0.25) is 4.79 Å². The van der Waals surface area contributed by atoms with Crippen LogP contribution in [0.5, 0.6) is 0 Å². The Hall–Kier alpha value is -0.780. The molecule has 1 unspecified atom stereocenters. The van der Waals surface area contributed by atoms with Crippen LogP contribution in [0.4, 0.5) is 13.2 Å². The third-order valence-electron chi connectivity index (χ3n) is 2.09. The number of carbonyl (C=O) groups is 1. The van der Waals surface area contributed by atoms with Gasteiger partial charge >= 0.3 is 12.1 Å². The summed E-state index contributed by atoms with van der Waals surface area (Å²) in [5, 5.41) is 0. The van der Waals surface area contributed by atoms with Gasteiger partial charge in [0.25, 0.3) is 0 Å². The monoisotopic (exact) mass is 214 g/mol. The molecule has 0 aromatic carbocycles. The maximum absolute atomic E-state index is 12.4. The summed E-state index contributed by atoms with van der Waals surface area (Å²) < 4.78 is 46.0. The molecule has 84 valence electrons. The van der Waals surface area contributed by atoms with Crippen LogP contribution in [0, 0.1) is 5.41 Å². The maximum Gasteiger partial charge on any atom is 0.404 e. The molecule has 6 heteroatoms. The quantitative estimate of drug-likeness (QED) is 0.531. The van der Waals surface area contributed by atoms with Gasteiger partial charge in [0.05, 0.1) is 0 Å². The Morgan fingerprint density at radius 2 is 1.86 bits per heavy atom. The molecule has 0 aromatic rings. The number of alkyl halides is 3. The Balaban J connectivity index is 4.61. The van der Waals surface area contributed by atoms with Crippen LogP contribution in [0.2, 0.25) is 0 Å². The van der Waals surface area contributed by atoms with E-state index in [2.05, 4.69) is 9.47 Å². The fourth-order valence-corrected chi connectivity index (χ4v) is 0.732. The van der Waals surface area contributed by atoms with E-state index < -0.39 is 24.4 Å². The normalized spacial score (nSPS) is 16.1. The molecule has 0 bridgehead atoms. The Bertz CT molecular complexity index is 202. The fraction of sp³-hybridized carbons (Fsp3) is 0.875. The van der Waals surface area contributed by atoms with E-state index in [1.807, 2.05) is 0 Å². The van der Waals surface area contributed by atoms with Crippen LogP contribution in [-0.4, -0.2) is 26.0 Å². The lowest BCUT2D eigenvalue weighted by Gasteiger charge is -2.28. The van der Waals surface area contributed by atoms with E-state index in [-0.39, 0.29) is 6.42 Å². The first-order valence-electron chi connectivity index (χ1n) is 4.02. The maximum atomic E-state index is 12.4. The minimum atomic E-state index is -4.60. The standard InChI is InChI=1S/C8H13F3O3/c1-4-7(2,8(9,10)11)6(12)14-5-13-3/h4-5H2,1-3H3. The summed E-state index contributed by atoms with van der Waals surface area (Å²) in [6.07, 6.45) is -4.97. The molecule has 1 atom stereocenters. The van der Waals surface area contributed by atoms with Gasteiger partial charge in [-0.25, -0.2) is 0 Å². The molecule has 0 aliphatic heterocycles. The van der Waals surface area contributed by atoms with Crippen molar-refractivity contribution in [1.82, 2.24) is 0 Å². The van der Waals surface area contributed by atoms with Crippen molar-refractivity contribution in [1.29, 1.82) is 0 Å². The first kappa shape index (κ1) is 13.2. The highest BCUT2D eigenvalue weighted by Crippen LogP contribution is 2.41. The molecule has 3 nitrogen and oxygen atoms in total.